The first-order valence-electron chi connectivity index (χ1n) is 6.57. The van der Waals surface area contributed by atoms with Crippen LogP contribution >= 0.6 is 0 Å². The largest absolute Gasteiger partial charge is 0.355 e. The van der Waals surface area contributed by atoms with E-state index in [1.807, 2.05) is 0 Å². The molecule has 1 aliphatic heterocycles. The van der Waals surface area contributed by atoms with E-state index in [1.165, 1.54) is 0 Å². The van der Waals surface area contributed by atoms with Crippen molar-refractivity contribution >= 4 is 17.5 Å². The summed E-state index contributed by atoms with van der Waals surface area (Å²) in [5, 5.41) is 8.62. The maximum Gasteiger partial charge on any atom is 0.251 e. The summed E-state index contributed by atoms with van der Waals surface area (Å²) in [6.45, 7) is 0.897. The van der Waals surface area contributed by atoms with E-state index in [4.69, 9.17) is 0 Å². The molecule has 0 aromatic heterocycles. The number of carbonyl (C=O) groups is 2. The molecule has 0 radical (unpaired) electrons. The molecule has 5 nitrogen and oxygen atoms in total. The molecule has 0 bridgehead atoms. The first kappa shape index (κ1) is 13.5. The van der Waals surface area contributed by atoms with E-state index in [9.17, 15) is 9.59 Å². The van der Waals surface area contributed by atoms with E-state index in [0.29, 0.717) is 11.3 Å². The van der Waals surface area contributed by atoms with Gasteiger partial charge in [-0.2, -0.15) is 0 Å². The Morgan fingerprint density at radius 1 is 1.21 bits per heavy atom. The molecule has 0 aliphatic carbocycles. The SMILES string of the molecule is CNC(=O)c1ccc(NC(=O)C2CCCCN2)cc1. The third-order valence-electron chi connectivity index (χ3n) is 3.27. The Kier molecular flexibility index (Phi) is 4.52. The lowest BCUT2D eigenvalue weighted by Crippen LogP contribution is -2.43. The van der Waals surface area contributed by atoms with Gasteiger partial charge in [-0.1, -0.05) is 6.42 Å². The molecule has 1 aromatic rings. The number of nitrogens with one attached hydrogen (secondary N) is 3. The highest BCUT2D eigenvalue weighted by Crippen LogP contribution is 2.12. The first-order valence-corrected chi connectivity index (χ1v) is 6.57. The van der Waals surface area contributed by atoms with Crippen molar-refractivity contribution in [1.29, 1.82) is 0 Å². The number of hydrogen-bond acceptors (Lipinski definition) is 3. The summed E-state index contributed by atoms with van der Waals surface area (Å²) in [5.74, 6) is -0.140. The van der Waals surface area contributed by atoms with E-state index in [0.717, 1.165) is 25.8 Å². The smallest absolute Gasteiger partial charge is 0.251 e. The van der Waals surface area contributed by atoms with Gasteiger partial charge in [-0.05, 0) is 43.7 Å². The van der Waals surface area contributed by atoms with Gasteiger partial charge in [-0.3, -0.25) is 9.59 Å². The van der Waals surface area contributed by atoms with Crippen LogP contribution in [0.2, 0.25) is 0 Å². The summed E-state index contributed by atoms with van der Waals surface area (Å²) in [6.07, 6.45) is 3.09. The second-order valence-corrected chi connectivity index (χ2v) is 4.65. The van der Waals surface area contributed by atoms with Gasteiger partial charge >= 0.3 is 0 Å². The van der Waals surface area contributed by atoms with Crippen molar-refractivity contribution < 1.29 is 9.59 Å². The fourth-order valence-electron chi connectivity index (χ4n) is 2.15. The Hall–Kier alpha value is -1.88. The van der Waals surface area contributed by atoms with Crippen molar-refractivity contribution in [3.63, 3.8) is 0 Å². The Morgan fingerprint density at radius 2 is 1.95 bits per heavy atom. The fraction of sp³-hybridized carbons (Fsp3) is 0.429. The molecule has 1 unspecified atom stereocenters. The van der Waals surface area contributed by atoms with Crippen molar-refractivity contribution in [1.82, 2.24) is 10.6 Å². The molecule has 0 saturated carbocycles. The van der Waals surface area contributed by atoms with Crippen LogP contribution in [0.25, 0.3) is 0 Å². The summed E-state index contributed by atoms with van der Waals surface area (Å²) in [5.41, 5.74) is 1.29. The Morgan fingerprint density at radius 3 is 2.53 bits per heavy atom. The van der Waals surface area contributed by atoms with Gasteiger partial charge in [0.2, 0.25) is 5.91 Å². The molecule has 3 N–H and O–H groups in total. The quantitative estimate of drug-likeness (QED) is 0.764. The van der Waals surface area contributed by atoms with Crippen LogP contribution < -0.4 is 16.0 Å². The highest BCUT2D eigenvalue weighted by atomic mass is 16.2. The van der Waals surface area contributed by atoms with Gasteiger partial charge in [0.05, 0.1) is 6.04 Å². The lowest BCUT2D eigenvalue weighted by Gasteiger charge is -2.22. The van der Waals surface area contributed by atoms with Gasteiger partial charge in [0, 0.05) is 18.3 Å². The van der Waals surface area contributed by atoms with Gasteiger partial charge in [0.25, 0.3) is 5.91 Å². The topological polar surface area (TPSA) is 70.2 Å². The fourth-order valence-corrected chi connectivity index (χ4v) is 2.15. The number of rotatable bonds is 3. The summed E-state index contributed by atoms with van der Waals surface area (Å²) >= 11 is 0. The standard InChI is InChI=1S/C14H19N3O2/c1-15-13(18)10-5-7-11(8-6-10)17-14(19)12-4-2-3-9-16-12/h5-8,12,16H,2-4,9H2,1H3,(H,15,18)(H,17,19). The zero-order valence-electron chi connectivity index (χ0n) is 11.0. The van der Waals surface area contributed by atoms with E-state index in [1.54, 1.807) is 31.3 Å². The molecule has 1 fully saturated rings. The van der Waals surface area contributed by atoms with E-state index >= 15 is 0 Å². The monoisotopic (exact) mass is 261 g/mol. The predicted octanol–water partition coefficient (Wildman–Crippen LogP) is 1.13. The normalized spacial score (nSPS) is 18.7. The van der Waals surface area contributed by atoms with E-state index < -0.39 is 0 Å². The number of amides is 2. The third kappa shape index (κ3) is 3.54. The maximum atomic E-state index is 12.0. The van der Waals surface area contributed by atoms with Gasteiger partial charge < -0.3 is 16.0 Å². The molecule has 2 amide bonds. The maximum absolute atomic E-state index is 12.0. The molecule has 102 valence electrons. The van der Waals surface area contributed by atoms with Crippen molar-refractivity contribution in [3.05, 3.63) is 29.8 Å². The van der Waals surface area contributed by atoms with Gasteiger partial charge in [-0.15, -0.1) is 0 Å². The minimum Gasteiger partial charge on any atom is -0.355 e. The Bertz CT molecular complexity index is 450. The molecule has 1 atom stereocenters. The molecular formula is C14H19N3O2. The Balaban J connectivity index is 1.95. The number of piperidine rings is 1. The van der Waals surface area contributed by atoms with Crippen LogP contribution in [0.3, 0.4) is 0 Å². The summed E-state index contributed by atoms with van der Waals surface area (Å²) in [6, 6.07) is 6.77. The van der Waals surface area contributed by atoms with E-state index in [2.05, 4.69) is 16.0 Å². The zero-order valence-corrected chi connectivity index (χ0v) is 11.0. The Labute approximate surface area is 112 Å². The second kappa shape index (κ2) is 6.33. The predicted molar refractivity (Wildman–Crippen MR) is 74.1 cm³/mol. The van der Waals surface area contributed by atoms with Crippen LogP contribution in [0.15, 0.2) is 24.3 Å². The second-order valence-electron chi connectivity index (χ2n) is 4.65. The molecule has 1 saturated heterocycles. The van der Waals surface area contributed by atoms with Crippen LogP contribution in [0, 0.1) is 0 Å². The zero-order chi connectivity index (χ0) is 13.7. The number of carbonyl (C=O) groups excluding carboxylic acids is 2. The lowest BCUT2D eigenvalue weighted by atomic mass is 10.0. The average Bonchev–Trinajstić information content (AvgIpc) is 2.48. The van der Waals surface area contributed by atoms with Crippen LogP contribution in [0.4, 0.5) is 5.69 Å². The van der Waals surface area contributed by atoms with Crippen LogP contribution in [-0.4, -0.2) is 31.4 Å². The van der Waals surface area contributed by atoms with Crippen LogP contribution in [0.1, 0.15) is 29.6 Å². The van der Waals surface area contributed by atoms with E-state index in [-0.39, 0.29) is 17.9 Å². The first-order chi connectivity index (χ1) is 9.20. The molecule has 2 rings (SSSR count). The molecular weight excluding hydrogens is 242 g/mol. The highest BCUT2D eigenvalue weighted by Gasteiger charge is 2.20. The lowest BCUT2D eigenvalue weighted by molar-refractivity contribution is -0.118. The minimum absolute atomic E-state index is 0.00704. The number of anilines is 1. The molecule has 19 heavy (non-hydrogen) atoms. The molecule has 5 heteroatoms. The van der Waals surface area contributed by atoms with Gasteiger partial charge in [0.1, 0.15) is 0 Å². The summed E-state index contributed by atoms with van der Waals surface area (Å²) in [4.78, 5) is 23.4. The van der Waals surface area contributed by atoms with Crippen molar-refractivity contribution in [2.45, 2.75) is 25.3 Å². The van der Waals surface area contributed by atoms with Gasteiger partial charge in [-0.25, -0.2) is 0 Å². The average molecular weight is 261 g/mol. The minimum atomic E-state index is -0.133. The molecule has 1 aromatic carbocycles. The molecule has 0 spiro atoms. The summed E-state index contributed by atoms with van der Waals surface area (Å²) < 4.78 is 0. The van der Waals surface area contributed by atoms with Crippen molar-refractivity contribution in [3.8, 4) is 0 Å². The van der Waals surface area contributed by atoms with Crippen LogP contribution in [-0.2, 0) is 4.79 Å². The molecule has 1 heterocycles. The molecule has 1 aliphatic rings. The highest BCUT2D eigenvalue weighted by molar-refractivity contribution is 5.97. The number of hydrogen-bond donors (Lipinski definition) is 3. The summed E-state index contributed by atoms with van der Waals surface area (Å²) in [7, 11) is 1.59. The van der Waals surface area contributed by atoms with Crippen molar-refractivity contribution in [2.24, 2.45) is 0 Å². The third-order valence-corrected chi connectivity index (χ3v) is 3.27. The number of benzene rings is 1. The van der Waals surface area contributed by atoms with Crippen molar-refractivity contribution in [2.75, 3.05) is 18.9 Å². The van der Waals surface area contributed by atoms with Crippen LogP contribution in [0.5, 0.6) is 0 Å². The van der Waals surface area contributed by atoms with Gasteiger partial charge in [0.15, 0.2) is 0 Å².